The average molecular weight is 280 g/mol. The van der Waals surface area contributed by atoms with Crippen LogP contribution in [0.15, 0.2) is 10.5 Å². The minimum Gasteiger partial charge on any atom is -0.466 e. The lowest BCUT2D eigenvalue weighted by atomic mass is 10.1. The van der Waals surface area contributed by atoms with Gasteiger partial charge in [-0.05, 0) is 32.8 Å². The molecule has 1 aromatic heterocycles. The predicted molar refractivity (Wildman–Crippen MR) is 72.3 cm³/mol. The summed E-state index contributed by atoms with van der Waals surface area (Å²) in [5, 5.41) is 14.4. The van der Waals surface area contributed by atoms with Gasteiger partial charge in [-0.2, -0.15) is 0 Å². The van der Waals surface area contributed by atoms with Crippen molar-refractivity contribution in [1.82, 2.24) is 10.6 Å². The largest absolute Gasteiger partial charge is 0.466 e. The minimum absolute atomic E-state index is 0.0794. The quantitative estimate of drug-likeness (QED) is 0.708. The molecule has 20 heavy (non-hydrogen) atoms. The number of carbonyl (C=O) groups is 2. The smallest absolute Gasteiger partial charge is 0.255 e. The van der Waals surface area contributed by atoms with Crippen molar-refractivity contribution < 1.29 is 19.1 Å². The van der Waals surface area contributed by atoms with E-state index >= 15 is 0 Å². The van der Waals surface area contributed by atoms with Crippen LogP contribution in [0.1, 0.15) is 34.7 Å². The average Bonchev–Trinajstić information content (AvgIpc) is 3.13. The molecule has 0 aromatic carbocycles. The van der Waals surface area contributed by atoms with Crippen LogP contribution in [0.5, 0.6) is 0 Å². The van der Waals surface area contributed by atoms with Crippen molar-refractivity contribution in [3.05, 3.63) is 23.2 Å². The van der Waals surface area contributed by atoms with E-state index in [1.54, 1.807) is 19.9 Å². The van der Waals surface area contributed by atoms with Crippen LogP contribution in [-0.2, 0) is 4.79 Å². The number of aliphatic hydroxyl groups excluding tert-OH is 1. The number of aliphatic hydroxyl groups is 1. The fraction of sp³-hybridized carbons (Fsp3) is 0.571. The Morgan fingerprint density at radius 3 is 2.55 bits per heavy atom. The van der Waals surface area contributed by atoms with Crippen LogP contribution >= 0.6 is 0 Å². The van der Waals surface area contributed by atoms with E-state index < -0.39 is 0 Å². The van der Waals surface area contributed by atoms with Crippen molar-refractivity contribution in [2.45, 2.75) is 26.7 Å². The molecule has 3 N–H and O–H groups in total. The van der Waals surface area contributed by atoms with E-state index in [-0.39, 0.29) is 30.4 Å². The first-order valence-corrected chi connectivity index (χ1v) is 6.68. The molecule has 0 aliphatic heterocycles. The Morgan fingerprint density at radius 2 is 2.05 bits per heavy atom. The maximum atomic E-state index is 11.9. The zero-order chi connectivity index (χ0) is 14.8. The summed E-state index contributed by atoms with van der Waals surface area (Å²) in [6.07, 6.45) is 1.87. The van der Waals surface area contributed by atoms with E-state index in [4.69, 9.17) is 9.52 Å². The number of hydrogen-bond acceptors (Lipinski definition) is 4. The highest BCUT2D eigenvalue weighted by molar-refractivity contribution is 5.97. The molecule has 0 saturated heterocycles. The lowest BCUT2D eigenvalue weighted by Gasteiger charge is -2.12. The molecule has 1 aliphatic carbocycles. The topological polar surface area (TPSA) is 91.6 Å². The van der Waals surface area contributed by atoms with E-state index in [1.807, 2.05) is 0 Å². The third-order valence-corrected chi connectivity index (χ3v) is 3.65. The van der Waals surface area contributed by atoms with Gasteiger partial charge in [-0.3, -0.25) is 9.59 Å². The van der Waals surface area contributed by atoms with Crippen LogP contribution < -0.4 is 10.6 Å². The fourth-order valence-corrected chi connectivity index (χ4v) is 2.03. The summed E-state index contributed by atoms with van der Waals surface area (Å²) in [4.78, 5) is 23.5. The van der Waals surface area contributed by atoms with Gasteiger partial charge in [0.05, 0.1) is 18.7 Å². The monoisotopic (exact) mass is 280 g/mol. The van der Waals surface area contributed by atoms with Gasteiger partial charge < -0.3 is 20.2 Å². The molecule has 0 atom stereocenters. The van der Waals surface area contributed by atoms with Crippen molar-refractivity contribution in [1.29, 1.82) is 0 Å². The Kier molecular flexibility index (Phi) is 4.13. The summed E-state index contributed by atoms with van der Waals surface area (Å²) in [5.74, 6) is 0.627. The molecule has 110 valence electrons. The molecule has 0 spiro atoms. The molecular weight excluding hydrogens is 260 g/mol. The number of amides is 2. The number of hydrogen-bond donors (Lipinski definition) is 3. The third kappa shape index (κ3) is 3.39. The van der Waals surface area contributed by atoms with Gasteiger partial charge in [-0.15, -0.1) is 0 Å². The van der Waals surface area contributed by atoms with Crippen LogP contribution in [0.2, 0.25) is 0 Å². The molecule has 2 rings (SSSR count). The Labute approximate surface area is 117 Å². The number of carbonyl (C=O) groups excluding carboxylic acids is 2. The molecule has 6 heteroatoms. The highest BCUT2D eigenvalue weighted by Gasteiger charge is 2.41. The number of nitrogens with one attached hydrogen (secondary N) is 2. The molecule has 6 nitrogen and oxygen atoms in total. The van der Waals surface area contributed by atoms with Crippen LogP contribution in [0, 0.1) is 19.3 Å². The van der Waals surface area contributed by atoms with Crippen molar-refractivity contribution in [2.24, 2.45) is 5.41 Å². The summed E-state index contributed by atoms with van der Waals surface area (Å²) in [6.45, 7) is 3.94. The van der Waals surface area contributed by atoms with Crippen LogP contribution in [-0.4, -0.2) is 36.6 Å². The van der Waals surface area contributed by atoms with Crippen LogP contribution in [0.25, 0.3) is 0 Å². The van der Waals surface area contributed by atoms with Gasteiger partial charge in [-0.25, -0.2) is 0 Å². The summed E-state index contributed by atoms with van der Waals surface area (Å²) >= 11 is 0. The van der Waals surface area contributed by atoms with Crippen molar-refractivity contribution in [3.8, 4) is 0 Å². The first kappa shape index (κ1) is 14.6. The van der Waals surface area contributed by atoms with E-state index in [9.17, 15) is 9.59 Å². The molecule has 1 heterocycles. The molecule has 0 unspecified atom stereocenters. The zero-order valence-electron chi connectivity index (χ0n) is 11.8. The predicted octanol–water partition coefficient (Wildman–Crippen LogP) is 0.515. The third-order valence-electron chi connectivity index (χ3n) is 3.65. The van der Waals surface area contributed by atoms with Gasteiger partial charge in [0.1, 0.15) is 11.5 Å². The highest BCUT2D eigenvalue weighted by atomic mass is 16.3. The molecule has 2 amide bonds. The summed E-state index contributed by atoms with van der Waals surface area (Å²) < 4.78 is 5.27. The SMILES string of the molecule is Cc1cc(C(=O)NCC(=O)NCC2(CO)CC2)c(C)o1. The minimum atomic E-state index is -0.321. The second-order valence-corrected chi connectivity index (χ2v) is 5.44. The lowest BCUT2D eigenvalue weighted by molar-refractivity contribution is -0.120. The van der Waals surface area contributed by atoms with Gasteiger partial charge >= 0.3 is 0 Å². The maximum absolute atomic E-state index is 11.9. The molecule has 0 radical (unpaired) electrons. The Morgan fingerprint density at radius 1 is 1.35 bits per heavy atom. The molecule has 0 bridgehead atoms. The number of rotatable bonds is 6. The first-order chi connectivity index (χ1) is 9.46. The second-order valence-electron chi connectivity index (χ2n) is 5.44. The van der Waals surface area contributed by atoms with E-state index in [2.05, 4.69) is 10.6 Å². The van der Waals surface area contributed by atoms with E-state index in [0.29, 0.717) is 23.6 Å². The van der Waals surface area contributed by atoms with E-state index in [0.717, 1.165) is 12.8 Å². The van der Waals surface area contributed by atoms with Gasteiger partial charge in [0.25, 0.3) is 5.91 Å². The van der Waals surface area contributed by atoms with Gasteiger partial charge in [0, 0.05) is 12.0 Å². The molecular formula is C14H20N2O4. The Bertz CT molecular complexity index is 517. The summed E-state index contributed by atoms with van der Waals surface area (Å²) in [6, 6.07) is 1.65. The normalized spacial score (nSPS) is 15.8. The Hall–Kier alpha value is -1.82. The second kappa shape index (κ2) is 5.66. The summed E-state index contributed by atoms with van der Waals surface area (Å²) in [7, 11) is 0. The number of furan rings is 1. The fourth-order valence-electron chi connectivity index (χ4n) is 2.03. The van der Waals surface area contributed by atoms with Crippen molar-refractivity contribution >= 4 is 11.8 Å². The van der Waals surface area contributed by atoms with Crippen LogP contribution in [0.4, 0.5) is 0 Å². The molecule has 1 aliphatic rings. The van der Waals surface area contributed by atoms with Crippen LogP contribution in [0.3, 0.4) is 0 Å². The zero-order valence-corrected chi connectivity index (χ0v) is 11.8. The highest BCUT2D eigenvalue weighted by Crippen LogP contribution is 2.44. The Balaban J connectivity index is 1.76. The van der Waals surface area contributed by atoms with Crippen molar-refractivity contribution in [2.75, 3.05) is 19.7 Å². The first-order valence-electron chi connectivity index (χ1n) is 6.68. The lowest BCUT2D eigenvalue weighted by Crippen LogP contribution is -2.40. The van der Waals surface area contributed by atoms with Crippen molar-refractivity contribution in [3.63, 3.8) is 0 Å². The van der Waals surface area contributed by atoms with Gasteiger partial charge in [0.15, 0.2) is 0 Å². The molecule has 1 saturated carbocycles. The van der Waals surface area contributed by atoms with Gasteiger partial charge in [0.2, 0.25) is 5.91 Å². The maximum Gasteiger partial charge on any atom is 0.255 e. The molecule has 1 aromatic rings. The van der Waals surface area contributed by atoms with E-state index in [1.165, 1.54) is 0 Å². The molecule has 1 fully saturated rings. The summed E-state index contributed by atoms with van der Waals surface area (Å²) in [5.41, 5.74) is 0.321. The number of aryl methyl sites for hydroxylation is 2. The van der Waals surface area contributed by atoms with Gasteiger partial charge in [-0.1, -0.05) is 0 Å². The standard InChI is InChI=1S/C14H20N2O4/c1-9-5-11(10(2)20-9)13(19)15-6-12(18)16-7-14(8-17)3-4-14/h5,17H,3-4,6-8H2,1-2H3,(H,15,19)(H,16,18).